The number of aliphatic imine (C=N–C) groups is 3. The van der Waals surface area contributed by atoms with Gasteiger partial charge < -0.3 is 0 Å². The molecule has 0 aliphatic heterocycles. The maximum absolute atomic E-state index is 4.48. The van der Waals surface area contributed by atoms with Gasteiger partial charge >= 0.3 is 0 Å². The first-order valence-corrected chi connectivity index (χ1v) is 5.72. The molecule has 0 aliphatic carbocycles. The molecule has 0 atom stereocenters. The quantitative estimate of drug-likeness (QED) is 0.617. The molecule has 0 fully saturated rings. The normalized spacial score (nSPS) is 11.7. The van der Waals surface area contributed by atoms with Crippen LogP contribution in [0.1, 0.15) is 11.1 Å². The second-order valence-corrected chi connectivity index (χ2v) is 3.66. The molecule has 94 valence electrons. The fraction of sp³-hybridized carbons (Fsp3) is 0.0714. The van der Waals surface area contributed by atoms with Crippen molar-refractivity contribution in [3.8, 4) is 0 Å². The van der Waals surface area contributed by atoms with Crippen molar-refractivity contribution >= 4 is 18.9 Å². The topological polar surface area (TPSA) is 62.9 Å². The van der Waals surface area contributed by atoms with Crippen LogP contribution in [-0.4, -0.2) is 28.9 Å². The number of amidine groups is 1. The summed E-state index contributed by atoms with van der Waals surface area (Å²) in [5.41, 5.74) is 1.97. The van der Waals surface area contributed by atoms with Gasteiger partial charge in [0.05, 0.1) is 6.54 Å². The van der Waals surface area contributed by atoms with Gasteiger partial charge in [0.1, 0.15) is 6.34 Å². The van der Waals surface area contributed by atoms with E-state index in [4.69, 9.17) is 0 Å². The van der Waals surface area contributed by atoms with E-state index in [-0.39, 0.29) is 0 Å². The molecule has 0 amide bonds. The minimum absolute atomic E-state index is 0.536. The van der Waals surface area contributed by atoms with Gasteiger partial charge in [-0.05, 0) is 36.5 Å². The van der Waals surface area contributed by atoms with E-state index >= 15 is 0 Å². The summed E-state index contributed by atoms with van der Waals surface area (Å²) in [5, 5.41) is 0. The molecule has 2 aromatic heterocycles. The fourth-order valence-electron chi connectivity index (χ4n) is 1.46. The number of nitrogens with zero attached hydrogens (tertiary/aromatic N) is 5. The highest BCUT2D eigenvalue weighted by Crippen LogP contribution is 2.05. The van der Waals surface area contributed by atoms with Crippen LogP contribution < -0.4 is 0 Å². The summed E-state index contributed by atoms with van der Waals surface area (Å²) in [6, 6.07) is 7.55. The van der Waals surface area contributed by atoms with Crippen molar-refractivity contribution in [2.45, 2.75) is 6.54 Å². The number of hydrogen-bond acceptors (Lipinski definition) is 3. The molecule has 5 heteroatoms. The summed E-state index contributed by atoms with van der Waals surface area (Å²) >= 11 is 0. The third-order valence-corrected chi connectivity index (χ3v) is 2.36. The lowest BCUT2D eigenvalue weighted by Gasteiger charge is -2.01. The van der Waals surface area contributed by atoms with E-state index in [1.54, 1.807) is 24.8 Å². The van der Waals surface area contributed by atoms with Gasteiger partial charge in [0.2, 0.25) is 0 Å². The van der Waals surface area contributed by atoms with E-state index in [0.717, 1.165) is 11.1 Å². The summed E-state index contributed by atoms with van der Waals surface area (Å²) in [6.45, 7) is 3.91. The number of rotatable bonds is 4. The first kappa shape index (κ1) is 12.8. The third kappa shape index (κ3) is 3.92. The Balaban J connectivity index is 2.23. The van der Waals surface area contributed by atoms with Crippen LogP contribution >= 0.6 is 0 Å². The van der Waals surface area contributed by atoms with Gasteiger partial charge in [-0.1, -0.05) is 0 Å². The van der Waals surface area contributed by atoms with E-state index in [0.29, 0.717) is 12.4 Å². The molecule has 0 radical (unpaired) electrons. The maximum Gasteiger partial charge on any atom is 0.156 e. The van der Waals surface area contributed by atoms with Gasteiger partial charge in [-0.2, -0.15) is 0 Å². The van der Waals surface area contributed by atoms with Crippen LogP contribution in [0, 0.1) is 0 Å². The Hall–Kier alpha value is -2.69. The summed E-state index contributed by atoms with van der Waals surface area (Å²) in [5.74, 6) is 0.603. The molecule has 0 N–H and O–H groups in total. The van der Waals surface area contributed by atoms with Crippen LogP contribution in [0.25, 0.3) is 0 Å². The first-order valence-electron chi connectivity index (χ1n) is 5.72. The summed E-state index contributed by atoms with van der Waals surface area (Å²) in [7, 11) is 0. The minimum atomic E-state index is 0.536. The Kier molecular flexibility index (Phi) is 4.64. The molecule has 2 aromatic rings. The molecule has 5 nitrogen and oxygen atoms in total. The molecule has 0 aliphatic rings. The lowest BCUT2D eigenvalue weighted by Crippen LogP contribution is -1.99. The fourth-order valence-corrected chi connectivity index (χ4v) is 1.46. The number of aromatic nitrogens is 2. The molecule has 0 saturated heterocycles. The van der Waals surface area contributed by atoms with Crippen LogP contribution in [0.3, 0.4) is 0 Å². The Labute approximate surface area is 111 Å². The smallest absolute Gasteiger partial charge is 0.156 e. The van der Waals surface area contributed by atoms with E-state index in [2.05, 4.69) is 31.7 Å². The lowest BCUT2D eigenvalue weighted by atomic mass is 10.2. The largest absolute Gasteiger partial charge is 0.265 e. The van der Waals surface area contributed by atoms with Crippen LogP contribution in [0.5, 0.6) is 0 Å². The second kappa shape index (κ2) is 6.90. The summed E-state index contributed by atoms with van der Waals surface area (Å²) in [4.78, 5) is 20.2. The molecule has 0 aromatic carbocycles. The maximum atomic E-state index is 4.48. The highest BCUT2D eigenvalue weighted by molar-refractivity contribution is 6.02. The first-order chi connectivity index (χ1) is 9.40. The van der Waals surface area contributed by atoms with Gasteiger partial charge in [-0.3, -0.25) is 20.0 Å². The SMILES string of the molecule is C=NC=NC(=NCc1ccncc1)c1ccncc1. The van der Waals surface area contributed by atoms with Crippen molar-refractivity contribution in [3.05, 3.63) is 60.2 Å². The average molecular weight is 251 g/mol. The average Bonchev–Trinajstić information content (AvgIpc) is 2.49. The summed E-state index contributed by atoms with van der Waals surface area (Å²) < 4.78 is 0. The van der Waals surface area contributed by atoms with Crippen LogP contribution in [0.2, 0.25) is 0 Å². The van der Waals surface area contributed by atoms with Crippen LogP contribution in [-0.2, 0) is 6.54 Å². The second-order valence-electron chi connectivity index (χ2n) is 3.66. The predicted octanol–water partition coefficient (Wildman–Crippen LogP) is 2.15. The Morgan fingerprint density at radius 2 is 1.68 bits per heavy atom. The molecular weight excluding hydrogens is 238 g/mol. The van der Waals surface area contributed by atoms with Crippen molar-refractivity contribution in [1.82, 2.24) is 9.97 Å². The zero-order valence-electron chi connectivity index (χ0n) is 10.3. The highest BCUT2D eigenvalue weighted by Gasteiger charge is 2.00. The molecule has 0 bridgehead atoms. The van der Waals surface area contributed by atoms with E-state index in [1.807, 2.05) is 24.3 Å². The Morgan fingerprint density at radius 3 is 2.32 bits per heavy atom. The summed E-state index contributed by atoms with van der Waals surface area (Å²) in [6.07, 6.45) is 8.27. The van der Waals surface area contributed by atoms with Crippen LogP contribution in [0.4, 0.5) is 0 Å². The van der Waals surface area contributed by atoms with Gasteiger partial charge in [0.25, 0.3) is 0 Å². The Bertz CT molecular complexity index is 575. The zero-order chi connectivity index (χ0) is 13.3. The molecule has 2 rings (SSSR count). The highest BCUT2D eigenvalue weighted by atomic mass is 14.9. The van der Waals surface area contributed by atoms with Gasteiger partial charge in [-0.25, -0.2) is 4.99 Å². The van der Waals surface area contributed by atoms with Gasteiger partial charge in [0, 0.05) is 30.4 Å². The van der Waals surface area contributed by atoms with Gasteiger partial charge in [-0.15, -0.1) is 0 Å². The minimum Gasteiger partial charge on any atom is -0.265 e. The van der Waals surface area contributed by atoms with Crippen molar-refractivity contribution in [2.75, 3.05) is 0 Å². The molecular formula is C14H13N5. The van der Waals surface area contributed by atoms with Crippen molar-refractivity contribution in [3.63, 3.8) is 0 Å². The Morgan fingerprint density at radius 1 is 1.05 bits per heavy atom. The monoisotopic (exact) mass is 251 g/mol. The van der Waals surface area contributed by atoms with E-state index in [9.17, 15) is 0 Å². The number of pyridine rings is 2. The molecule has 2 heterocycles. The molecule has 0 saturated carbocycles. The molecule has 0 unspecified atom stereocenters. The van der Waals surface area contributed by atoms with Crippen LogP contribution in [0.15, 0.2) is 64.0 Å². The van der Waals surface area contributed by atoms with Crippen molar-refractivity contribution in [2.24, 2.45) is 15.0 Å². The predicted molar refractivity (Wildman–Crippen MR) is 76.8 cm³/mol. The zero-order valence-corrected chi connectivity index (χ0v) is 10.3. The molecule has 19 heavy (non-hydrogen) atoms. The third-order valence-electron chi connectivity index (χ3n) is 2.36. The standard InChI is InChI=1S/C14H13N5/c1-15-11-19-14(13-4-8-17-9-5-13)18-10-12-2-6-16-7-3-12/h2-9,11H,1,10H2. The number of hydrogen-bond donors (Lipinski definition) is 0. The van der Waals surface area contributed by atoms with Gasteiger partial charge in [0.15, 0.2) is 5.84 Å². The molecule has 0 spiro atoms. The lowest BCUT2D eigenvalue weighted by molar-refractivity contribution is 1.05. The van der Waals surface area contributed by atoms with E-state index < -0.39 is 0 Å². The van der Waals surface area contributed by atoms with Crippen molar-refractivity contribution < 1.29 is 0 Å². The van der Waals surface area contributed by atoms with Crippen molar-refractivity contribution in [1.29, 1.82) is 0 Å². The van der Waals surface area contributed by atoms with E-state index in [1.165, 1.54) is 6.34 Å².